The lowest BCUT2D eigenvalue weighted by Crippen LogP contribution is -2.51. The zero-order valence-corrected chi connectivity index (χ0v) is 16.2. The molecule has 27 heavy (non-hydrogen) atoms. The number of benzene rings is 1. The number of aliphatic carboxylic acids is 1. The highest BCUT2D eigenvalue weighted by Gasteiger charge is 2.33. The molecule has 7 nitrogen and oxygen atoms in total. The van der Waals surface area contributed by atoms with Crippen LogP contribution in [-0.2, 0) is 20.8 Å². The second-order valence-electron chi connectivity index (χ2n) is 7.07. The minimum atomic E-state index is -1.04. The molecule has 146 valence electrons. The molecule has 1 amide bonds. The number of ether oxygens (including phenoxy) is 2. The number of fused-ring (bicyclic) bond motifs is 1. The molecule has 3 rings (SSSR count). The van der Waals surface area contributed by atoms with Crippen LogP contribution in [0, 0.1) is 13.8 Å². The van der Waals surface area contributed by atoms with Crippen LogP contribution < -0.4 is 0 Å². The number of amides is 1. The molecule has 1 aromatic heterocycles. The molecule has 1 N–H and O–H groups in total. The Bertz CT molecular complexity index is 873. The summed E-state index contributed by atoms with van der Waals surface area (Å²) < 4.78 is 12.8. The first-order chi connectivity index (χ1) is 12.8. The fourth-order valence-corrected chi connectivity index (χ4v) is 3.69. The SMILES string of the molecule is COCCn1c(C)c(C)c2cc(C(=O)N3CC(C(=O)O)O[C@H](C)C3)ccc21. The second-order valence-corrected chi connectivity index (χ2v) is 7.07. The number of hydrogen-bond acceptors (Lipinski definition) is 4. The Morgan fingerprint density at radius 2 is 2.04 bits per heavy atom. The summed E-state index contributed by atoms with van der Waals surface area (Å²) in [4.78, 5) is 25.8. The monoisotopic (exact) mass is 374 g/mol. The van der Waals surface area contributed by atoms with Gasteiger partial charge in [0.15, 0.2) is 6.10 Å². The summed E-state index contributed by atoms with van der Waals surface area (Å²) in [7, 11) is 1.68. The van der Waals surface area contributed by atoms with Gasteiger partial charge in [0.05, 0.1) is 19.3 Å². The van der Waals surface area contributed by atoms with Crippen molar-refractivity contribution in [1.29, 1.82) is 0 Å². The lowest BCUT2D eigenvalue weighted by atomic mass is 10.1. The number of rotatable bonds is 5. The largest absolute Gasteiger partial charge is 0.479 e. The zero-order valence-electron chi connectivity index (χ0n) is 16.2. The predicted octanol–water partition coefficient (Wildman–Crippen LogP) is 2.22. The number of carboxylic acids is 1. The number of methoxy groups -OCH3 is 1. The lowest BCUT2D eigenvalue weighted by molar-refractivity contribution is -0.160. The molecule has 1 fully saturated rings. The van der Waals surface area contributed by atoms with Crippen molar-refractivity contribution in [1.82, 2.24) is 9.47 Å². The van der Waals surface area contributed by atoms with Crippen LogP contribution in [-0.4, -0.2) is 65.5 Å². The van der Waals surface area contributed by atoms with E-state index in [9.17, 15) is 14.7 Å². The van der Waals surface area contributed by atoms with Crippen LogP contribution in [0.4, 0.5) is 0 Å². The Labute approximate surface area is 158 Å². The van der Waals surface area contributed by atoms with Crippen LogP contribution in [0.5, 0.6) is 0 Å². The van der Waals surface area contributed by atoms with Crippen molar-refractivity contribution in [3.63, 3.8) is 0 Å². The van der Waals surface area contributed by atoms with Gasteiger partial charge in [-0.1, -0.05) is 0 Å². The fourth-order valence-electron chi connectivity index (χ4n) is 3.69. The van der Waals surface area contributed by atoms with Crippen molar-refractivity contribution in [3.8, 4) is 0 Å². The van der Waals surface area contributed by atoms with E-state index in [4.69, 9.17) is 9.47 Å². The van der Waals surface area contributed by atoms with E-state index >= 15 is 0 Å². The standard InChI is InChI=1S/C20H26N2O5/c1-12-10-21(11-18(27-12)20(24)25)19(23)15-5-6-17-16(9-15)13(2)14(3)22(17)7-8-26-4/h5-6,9,12,18H,7-8,10-11H2,1-4H3,(H,24,25)/t12-,18?/m1/s1. The Morgan fingerprint density at radius 1 is 1.30 bits per heavy atom. The fraction of sp³-hybridized carbons (Fsp3) is 0.500. The Hall–Kier alpha value is -2.38. The third-order valence-electron chi connectivity index (χ3n) is 5.23. The summed E-state index contributed by atoms with van der Waals surface area (Å²) in [6, 6.07) is 5.67. The molecule has 2 heterocycles. The Kier molecular flexibility index (Phi) is 5.53. The molecule has 0 bridgehead atoms. The van der Waals surface area contributed by atoms with E-state index in [1.807, 2.05) is 25.1 Å². The summed E-state index contributed by atoms with van der Waals surface area (Å²) in [5.41, 5.74) is 3.91. The number of hydrogen-bond donors (Lipinski definition) is 1. The average molecular weight is 374 g/mol. The van der Waals surface area contributed by atoms with E-state index in [2.05, 4.69) is 11.5 Å². The van der Waals surface area contributed by atoms with Crippen molar-refractivity contribution in [2.45, 2.75) is 39.5 Å². The van der Waals surface area contributed by atoms with Gasteiger partial charge in [0.2, 0.25) is 0 Å². The molecule has 0 aliphatic carbocycles. The molecular formula is C20H26N2O5. The number of carbonyl (C=O) groups excluding carboxylic acids is 1. The Morgan fingerprint density at radius 3 is 2.70 bits per heavy atom. The summed E-state index contributed by atoms with van der Waals surface area (Å²) >= 11 is 0. The molecule has 2 aromatic rings. The van der Waals surface area contributed by atoms with Crippen LogP contribution >= 0.6 is 0 Å². The van der Waals surface area contributed by atoms with Gasteiger partial charge in [-0.05, 0) is 44.5 Å². The third-order valence-corrected chi connectivity index (χ3v) is 5.23. The molecule has 1 saturated heterocycles. The van der Waals surface area contributed by atoms with E-state index in [1.54, 1.807) is 18.9 Å². The number of carbonyl (C=O) groups is 2. The first kappa shape index (κ1) is 19.4. The van der Waals surface area contributed by atoms with Crippen molar-refractivity contribution in [2.24, 2.45) is 0 Å². The smallest absolute Gasteiger partial charge is 0.334 e. The average Bonchev–Trinajstić information content (AvgIpc) is 2.89. The normalized spacial score (nSPS) is 20.2. The quantitative estimate of drug-likeness (QED) is 0.868. The van der Waals surface area contributed by atoms with Crippen molar-refractivity contribution >= 4 is 22.8 Å². The Balaban J connectivity index is 1.91. The second kappa shape index (κ2) is 7.70. The minimum Gasteiger partial charge on any atom is -0.479 e. The summed E-state index contributed by atoms with van der Waals surface area (Å²) in [6.07, 6.45) is -1.30. The number of morpholine rings is 1. The van der Waals surface area contributed by atoms with Crippen LogP contribution in [0.25, 0.3) is 10.9 Å². The first-order valence-electron chi connectivity index (χ1n) is 9.09. The molecule has 2 atom stereocenters. The predicted molar refractivity (Wildman–Crippen MR) is 101 cm³/mol. The van der Waals surface area contributed by atoms with Crippen molar-refractivity contribution in [3.05, 3.63) is 35.0 Å². The maximum absolute atomic E-state index is 13.0. The zero-order chi connectivity index (χ0) is 19.7. The molecule has 1 aliphatic rings. The van der Waals surface area contributed by atoms with Gasteiger partial charge in [0, 0.05) is 42.4 Å². The number of carboxylic acid groups (broad SMARTS) is 1. The summed E-state index contributed by atoms with van der Waals surface area (Å²) in [6.45, 7) is 7.70. The van der Waals surface area contributed by atoms with Gasteiger partial charge in [0.25, 0.3) is 5.91 Å². The maximum Gasteiger partial charge on any atom is 0.334 e. The van der Waals surface area contributed by atoms with Crippen molar-refractivity contribution < 1.29 is 24.2 Å². The highest BCUT2D eigenvalue weighted by atomic mass is 16.5. The van der Waals surface area contributed by atoms with Crippen LogP contribution in [0.15, 0.2) is 18.2 Å². The summed E-state index contributed by atoms with van der Waals surface area (Å²) in [5.74, 6) is -1.21. The van der Waals surface area contributed by atoms with Crippen LogP contribution in [0.2, 0.25) is 0 Å². The van der Waals surface area contributed by atoms with Gasteiger partial charge in [0.1, 0.15) is 0 Å². The van der Waals surface area contributed by atoms with Crippen LogP contribution in [0.3, 0.4) is 0 Å². The molecule has 1 aromatic carbocycles. The highest BCUT2D eigenvalue weighted by molar-refractivity contribution is 5.99. The minimum absolute atomic E-state index is 0.0589. The molecular weight excluding hydrogens is 348 g/mol. The molecule has 0 saturated carbocycles. The number of aromatic nitrogens is 1. The molecule has 0 spiro atoms. The molecule has 7 heteroatoms. The van der Waals surface area contributed by atoms with Gasteiger partial charge < -0.3 is 24.0 Å². The van der Waals surface area contributed by atoms with E-state index in [0.717, 1.165) is 28.7 Å². The highest BCUT2D eigenvalue weighted by Crippen LogP contribution is 2.27. The first-order valence-corrected chi connectivity index (χ1v) is 9.09. The van der Waals surface area contributed by atoms with Crippen LogP contribution in [0.1, 0.15) is 28.5 Å². The van der Waals surface area contributed by atoms with E-state index in [1.165, 1.54) is 0 Å². The lowest BCUT2D eigenvalue weighted by Gasteiger charge is -2.35. The van der Waals surface area contributed by atoms with Crippen molar-refractivity contribution in [2.75, 3.05) is 26.8 Å². The van der Waals surface area contributed by atoms with E-state index in [0.29, 0.717) is 18.7 Å². The van der Waals surface area contributed by atoms with Gasteiger partial charge in [-0.25, -0.2) is 4.79 Å². The topological polar surface area (TPSA) is 81.0 Å². The van der Waals surface area contributed by atoms with Gasteiger partial charge in [-0.15, -0.1) is 0 Å². The third kappa shape index (κ3) is 3.70. The van der Waals surface area contributed by atoms with Gasteiger partial charge in [-0.2, -0.15) is 0 Å². The summed E-state index contributed by atoms with van der Waals surface area (Å²) in [5, 5.41) is 10.3. The number of nitrogens with zero attached hydrogens (tertiary/aromatic N) is 2. The number of aryl methyl sites for hydroxylation is 1. The molecule has 1 aliphatic heterocycles. The maximum atomic E-state index is 13.0. The van der Waals surface area contributed by atoms with E-state index in [-0.39, 0.29) is 18.6 Å². The molecule has 1 unspecified atom stereocenters. The van der Waals surface area contributed by atoms with E-state index < -0.39 is 12.1 Å². The van der Waals surface area contributed by atoms with Gasteiger partial charge >= 0.3 is 5.97 Å². The molecule has 0 radical (unpaired) electrons. The van der Waals surface area contributed by atoms with Gasteiger partial charge in [-0.3, -0.25) is 4.79 Å².